The van der Waals surface area contributed by atoms with E-state index in [1.165, 1.54) is 5.56 Å². The molecule has 3 rings (SSSR count). The molecule has 1 aromatic heterocycles. The van der Waals surface area contributed by atoms with Crippen LogP contribution in [0.1, 0.15) is 31.2 Å². The summed E-state index contributed by atoms with van der Waals surface area (Å²) in [5.41, 5.74) is 3.96. The lowest BCUT2D eigenvalue weighted by molar-refractivity contribution is -0.117. The van der Waals surface area contributed by atoms with Crippen LogP contribution in [-0.4, -0.2) is 54.3 Å². The van der Waals surface area contributed by atoms with Crippen LogP contribution in [-0.2, 0) is 4.79 Å². The van der Waals surface area contributed by atoms with E-state index in [1.54, 1.807) is 11.3 Å². The Bertz CT molecular complexity index is 851. The lowest BCUT2D eigenvalue weighted by atomic mass is 10.1. The molecule has 0 saturated carbocycles. The Kier molecular flexibility index (Phi) is 5.97. The second kappa shape index (κ2) is 8.23. The number of thiophene rings is 1. The molecule has 1 saturated heterocycles. The number of piperazine rings is 1. The SMILES string of the molecule is Cc1cc(C(=O)N2CCN(CC(=O)Nc3cccc(C)c3C)CC2)c(C)s1. The van der Waals surface area contributed by atoms with Gasteiger partial charge in [-0.3, -0.25) is 14.5 Å². The maximum absolute atomic E-state index is 12.7. The molecular weight excluding hydrogens is 358 g/mol. The Morgan fingerprint density at radius 2 is 1.78 bits per heavy atom. The van der Waals surface area contributed by atoms with Crippen molar-refractivity contribution in [2.24, 2.45) is 0 Å². The molecule has 2 amide bonds. The van der Waals surface area contributed by atoms with E-state index < -0.39 is 0 Å². The number of benzene rings is 1. The molecular formula is C21H27N3O2S. The summed E-state index contributed by atoms with van der Waals surface area (Å²) in [6.07, 6.45) is 0. The number of hydrogen-bond donors (Lipinski definition) is 1. The Balaban J connectivity index is 1.52. The summed E-state index contributed by atoms with van der Waals surface area (Å²) in [7, 11) is 0. The molecule has 0 atom stereocenters. The third kappa shape index (κ3) is 4.57. The number of hydrogen-bond acceptors (Lipinski definition) is 4. The average molecular weight is 386 g/mol. The smallest absolute Gasteiger partial charge is 0.255 e. The molecule has 6 heteroatoms. The van der Waals surface area contributed by atoms with Gasteiger partial charge < -0.3 is 10.2 Å². The average Bonchev–Trinajstić information content (AvgIpc) is 2.97. The minimum Gasteiger partial charge on any atom is -0.336 e. The second-order valence-electron chi connectivity index (χ2n) is 7.19. The summed E-state index contributed by atoms with van der Waals surface area (Å²) >= 11 is 1.66. The number of anilines is 1. The van der Waals surface area contributed by atoms with Gasteiger partial charge in [0.05, 0.1) is 12.1 Å². The van der Waals surface area contributed by atoms with Crippen LogP contribution in [0.15, 0.2) is 24.3 Å². The van der Waals surface area contributed by atoms with Gasteiger partial charge in [0.15, 0.2) is 0 Å². The van der Waals surface area contributed by atoms with Crippen LogP contribution in [0.4, 0.5) is 5.69 Å². The van der Waals surface area contributed by atoms with Gasteiger partial charge in [0.25, 0.3) is 5.91 Å². The minimum absolute atomic E-state index is 0.00668. The van der Waals surface area contributed by atoms with Crippen LogP contribution in [0, 0.1) is 27.7 Å². The summed E-state index contributed by atoms with van der Waals surface area (Å²) in [5, 5.41) is 3.01. The first-order valence-electron chi connectivity index (χ1n) is 9.30. The van der Waals surface area contributed by atoms with Gasteiger partial charge in [-0.2, -0.15) is 0 Å². The zero-order chi connectivity index (χ0) is 19.6. The monoisotopic (exact) mass is 385 g/mol. The van der Waals surface area contributed by atoms with Gasteiger partial charge in [0.1, 0.15) is 0 Å². The third-order valence-corrected chi connectivity index (χ3v) is 6.14. The Morgan fingerprint density at radius 1 is 1.07 bits per heavy atom. The van der Waals surface area contributed by atoms with E-state index in [2.05, 4.69) is 10.2 Å². The first-order valence-corrected chi connectivity index (χ1v) is 10.1. The number of nitrogens with one attached hydrogen (secondary N) is 1. The van der Waals surface area contributed by atoms with E-state index in [4.69, 9.17) is 0 Å². The number of rotatable bonds is 4. The highest BCUT2D eigenvalue weighted by molar-refractivity contribution is 7.12. The lowest BCUT2D eigenvalue weighted by Gasteiger charge is -2.34. The Labute approximate surface area is 165 Å². The molecule has 0 aliphatic carbocycles. The number of amides is 2. The molecule has 144 valence electrons. The molecule has 1 aliphatic heterocycles. The van der Waals surface area contributed by atoms with Crippen molar-refractivity contribution in [3.8, 4) is 0 Å². The van der Waals surface area contributed by atoms with Gasteiger partial charge in [-0.1, -0.05) is 12.1 Å². The van der Waals surface area contributed by atoms with Gasteiger partial charge in [-0.05, 0) is 51.0 Å². The van der Waals surface area contributed by atoms with Crippen molar-refractivity contribution < 1.29 is 9.59 Å². The fraction of sp³-hybridized carbons (Fsp3) is 0.429. The van der Waals surface area contributed by atoms with Gasteiger partial charge in [0, 0.05) is 41.6 Å². The van der Waals surface area contributed by atoms with Crippen molar-refractivity contribution in [1.29, 1.82) is 0 Å². The number of carbonyl (C=O) groups is 2. The molecule has 1 aliphatic rings. The van der Waals surface area contributed by atoms with E-state index in [0.29, 0.717) is 32.7 Å². The van der Waals surface area contributed by atoms with Crippen LogP contribution in [0.3, 0.4) is 0 Å². The number of carbonyl (C=O) groups excluding carboxylic acids is 2. The maximum atomic E-state index is 12.7. The Morgan fingerprint density at radius 3 is 2.41 bits per heavy atom. The molecule has 5 nitrogen and oxygen atoms in total. The van der Waals surface area contributed by atoms with Crippen molar-refractivity contribution >= 4 is 28.8 Å². The minimum atomic E-state index is -0.00668. The van der Waals surface area contributed by atoms with E-state index in [1.807, 2.05) is 56.9 Å². The first-order chi connectivity index (χ1) is 12.8. The van der Waals surface area contributed by atoms with Gasteiger partial charge >= 0.3 is 0 Å². The van der Waals surface area contributed by atoms with Crippen LogP contribution >= 0.6 is 11.3 Å². The van der Waals surface area contributed by atoms with Gasteiger partial charge in [-0.25, -0.2) is 0 Å². The topological polar surface area (TPSA) is 52.7 Å². The van der Waals surface area contributed by atoms with Gasteiger partial charge in [0.2, 0.25) is 5.91 Å². The molecule has 2 aromatic rings. The maximum Gasteiger partial charge on any atom is 0.255 e. The van der Waals surface area contributed by atoms with Crippen molar-refractivity contribution in [3.63, 3.8) is 0 Å². The van der Waals surface area contributed by atoms with E-state index >= 15 is 0 Å². The van der Waals surface area contributed by atoms with Crippen molar-refractivity contribution in [3.05, 3.63) is 50.7 Å². The van der Waals surface area contributed by atoms with Crippen LogP contribution in [0.25, 0.3) is 0 Å². The highest BCUT2D eigenvalue weighted by atomic mass is 32.1. The zero-order valence-corrected chi connectivity index (χ0v) is 17.3. The molecule has 1 fully saturated rings. The fourth-order valence-electron chi connectivity index (χ4n) is 3.40. The van der Waals surface area contributed by atoms with Crippen molar-refractivity contribution in [2.75, 3.05) is 38.0 Å². The molecule has 0 radical (unpaired) electrons. The molecule has 0 bridgehead atoms. The molecule has 0 unspecified atom stereocenters. The van der Waals surface area contributed by atoms with Crippen molar-refractivity contribution in [2.45, 2.75) is 27.7 Å². The van der Waals surface area contributed by atoms with Crippen LogP contribution in [0.2, 0.25) is 0 Å². The van der Waals surface area contributed by atoms with E-state index in [0.717, 1.165) is 26.6 Å². The summed E-state index contributed by atoms with van der Waals surface area (Å²) in [6, 6.07) is 7.91. The highest BCUT2D eigenvalue weighted by Gasteiger charge is 2.25. The van der Waals surface area contributed by atoms with E-state index in [-0.39, 0.29) is 11.8 Å². The highest BCUT2D eigenvalue weighted by Crippen LogP contribution is 2.22. The van der Waals surface area contributed by atoms with Crippen molar-refractivity contribution in [1.82, 2.24) is 9.80 Å². The summed E-state index contributed by atoms with van der Waals surface area (Å²) in [4.78, 5) is 31.3. The zero-order valence-electron chi connectivity index (χ0n) is 16.5. The standard InChI is InChI=1S/C21H27N3O2S/c1-14-6-5-7-19(16(14)3)22-20(25)13-23-8-10-24(11-9-23)21(26)18-12-15(2)27-17(18)4/h5-7,12H,8-11,13H2,1-4H3,(H,22,25). The summed E-state index contributed by atoms with van der Waals surface area (Å²) in [6.45, 7) is 11.2. The third-order valence-electron chi connectivity index (χ3n) is 5.18. The largest absolute Gasteiger partial charge is 0.336 e. The predicted molar refractivity (Wildman–Crippen MR) is 111 cm³/mol. The van der Waals surface area contributed by atoms with E-state index in [9.17, 15) is 9.59 Å². The number of aryl methyl sites for hydroxylation is 3. The van der Waals surface area contributed by atoms with Gasteiger partial charge in [-0.15, -0.1) is 11.3 Å². The summed E-state index contributed by atoms with van der Waals surface area (Å²) < 4.78 is 0. The van der Waals surface area contributed by atoms with Crippen LogP contribution < -0.4 is 5.32 Å². The fourth-order valence-corrected chi connectivity index (χ4v) is 4.32. The molecule has 1 aromatic carbocycles. The molecule has 0 spiro atoms. The second-order valence-corrected chi connectivity index (χ2v) is 8.65. The number of nitrogens with zero attached hydrogens (tertiary/aromatic N) is 2. The predicted octanol–water partition coefficient (Wildman–Crippen LogP) is 3.38. The molecule has 2 heterocycles. The lowest BCUT2D eigenvalue weighted by Crippen LogP contribution is -2.50. The van der Waals surface area contributed by atoms with Crippen LogP contribution in [0.5, 0.6) is 0 Å². The molecule has 27 heavy (non-hydrogen) atoms. The quantitative estimate of drug-likeness (QED) is 0.878. The summed E-state index contributed by atoms with van der Waals surface area (Å²) in [5.74, 6) is 0.101. The molecule has 1 N–H and O–H groups in total. The first kappa shape index (κ1) is 19.6. The normalized spacial score (nSPS) is 15.0. The Hall–Kier alpha value is -2.18.